The second-order valence-corrected chi connectivity index (χ2v) is 6.05. The number of nitrogens with one attached hydrogen (secondary N) is 1. The summed E-state index contributed by atoms with van der Waals surface area (Å²) in [7, 11) is 3.28. The van der Waals surface area contributed by atoms with E-state index in [0.29, 0.717) is 31.3 Å². The van der Waals surface area contributed by atoms with Gasteiger partial charge in [-0.05, 0) is 51.3 Å². The zero-order valence-electron chi connectivity index (χ0n) is 14.2. The molecule has 0 aromatic heterocycles. The van der Waals surface area contributed by atoms with E-state index in [1.165, 1.54) is 12.1 Å². The lowest BCUT2D eigenvalue weighted by atomic mass is 10.2. The number of methoxy groups -OCH3 is 2. The molecule has 0 radical (unpaired) electrons. The van der Waals surface area contributed by atoms with Crippen LogP contribution in [-0.2, 0) is 17.9 Å². The van der Waals surface area contributed by atoms with Crippen molar-refractivity contribution in [3.63, 3.8) is 0 Å². The van der Waals surface area contributed by atoms with E-state index in [9.17, 15) is 4.39 Å². The molecule has 2 aromatic carbocycles. The Kier molecular flexibility index (Phi) is 9.82. The van der Waals surface area contributed by atoms with E-state index in [-0.39, 0.29) is 18.2 Å². The minimum Gasteiger partial charge on any atom is -0.493 e. The third-order valence-electron chi connectivity index (χ3n) is 3.40. The van der Waals surface area contributed by atoms with Crippen LogP contribution in [0.2, 0.25) is 0 Å². The lowest BCUT2D eigenvalue weighted by Gasteiger charge is -2.15. The monoisotopic (exact) mass is 433 g/mol. The van der Waals surface area contributed by atoms with Crippen LogP contribution in [0, 0.1) is 5.82 Å². The number of ether oxygens (including phenoxy) is 3. The van der Waals surface area contributed by atoms with E-state index in [2.05, 4.69) is 21.2 Å². The number of rotatable bonds is 9. The summed E-state index contributed by atoms with van der Waals surface area (Å²) in [5.41, 5.74) is 1.96. The van der Waals surface area contributed by atoms with Crippen LogP contribution < -0.4 is 14.8 Å². The molecular weight excluding hydrogens is 413 g/mol. The van der Waals surface area contributed by atoms with Crippen molar-refractivity contribution in [2.75, 3.05) is 27.4 Å². The number of benzene rings is 2. The fourth-order valence-corrected chi connectivity index (χ4v) is 2.76. The maximum Gasteiger partial charge on any atom is 0.175 e. The average Bonchev–Trinajstić information content (AvgIpc) is 2.59. The van der Waals surface area contributed by atoms with Gasteiger partial charge in [-0.3, -0.25) is 0 Å². The van der Waals surface area contributed by atoms with E-state index in [4.69, 9.17) is 14.2 Å². The summed E-state index contributed by atoms with van der Waals surface area (Å²) in [5.74, 6) is 1.01. The molecule has 0 aliphatic rings. The van der Waals surface area contributed by atoms with Crippen LogP contribution in [-0.4, -0.2) is 27.4 Å². The third-order valence-corrected chi connectivity index (χ3v) is 3.99. The average molecular weight is 435 g/mol. The van der Waals surface area contributed by atoms with Gasteiger partial charge in [0.05, 0.1) is 18.2 Å². The Balaban J connectivity index is 0.00000312. The van der Waals surface area contributed by atoms with Crippen molar-refractivity contribution in [3.8, 4) is 11.5 Å². The van der Waals surface area contributed by atoms with Crippen LogP contribution in [0.3, 0.4) is 0 Å². The fraction of sp³-hybridized carbons (Fsp3) is 0.333. The molecule has 1 N–H and O–H groups in total. The molecule has 138 valence electrons. The second kappa shape index (κ2) is 11.3. The predicted octanol–water partition coefficient (Wildman–Crippen LogP) is 4.33. The van der Waals surface area contributed by atoms with E-state index in [0.717, 1.165) is 22.1 Å². The Morgan fingerprint density at radius 2 is 1.80 bits per heavy atom. The molecule has 0 saturated carbocycles. The van der Waals surface area contributed by atoms with Crippen molar-refractivity contribution >= 4 is 28.3 Å². The number of hydrogen-bond acceptors (Lipinski definition) is 4. The summed E-state index contributed by atoms with van der Waals surface area (Å²) in [6.45, 7) is 2.48. The highest BCUT2D eigenvalue weighted by atomic mass is 79.9. The van der Waals surface area contributed by atoms with Crippen molar-refractivity contribution in [2.24, 2.45) is 0 Å². The van der Waals surface area contributed by atoms with Crippen molar-refractivity contribution in [3.05, 3.63) is 57.8 Å². The zero-order valence-corrected chi connectivity index (χ0v) is 16.6. The van der Waals surface area contributed by atoms with Gasteiger partial charge in [-0.15, -0.1) is 12.4 Å². The maximum absolute atomic E-state index is 12.9. The van der Waals surface area contributed by atoms with E-state index in [1.54, 1.807) is 26.4 Å². The van der Waals surface area contributed by atoms with E-state index < -0.39 is 0 Å². The lowest BCUT2D eigenvalue weighted by Crippen LogP contribution is -2.18. The first kappa shape index (κ1) is 21.7. The van der Waals surface area contributed by atoms with Gasteiger partial charge in [-0.1, -0.05) is 12.1 Å². The summed E-state index contributed by atoms with van der Waals surface area (Å²) >= 11 is 3.53. The molecule has 4 nitrogen and oxygen atoms in total. The minimum absolute atomic E-state index is 0. The number of hydrogen-bond donors (Lipinski definition) is 1. The van der Waals surface area contributed by atoms with Crippen LogP contribution in [0.5, 0.6) is 11.5 Å². The number of halogens is 3. The lowest BCUT2D eigenvalue weighted by molar-refractivity contribution is 0.199. The van der Waals surface area contributed by atoms with Gasteiger partial charge >= 0.3 is 0 Å². The van der Waals surface area contributed by atoms with Gasteiger partial charge in [-0.25, -0.2) is 4.39 Å². The van der Waals surface area contributed by atoms with Gasteiger partial charge in [-0.2, -0.15) is 0 Å². The van der Waals surface area contributed by atoms with E-state index >= 15 is 0 Å². The maximum atomic E-state index is 12.9. The summed E-state index contributed by atoms with van der Waals surface area (Å²) in [4.78, 5) is 0. The molecule has 2 aromatic rings. The van der Waals surface area contributed by atoms with Gasteiger partial charge in [0.1, 0.15) is 12.4 Å². The molecule has 0 atom stereocenters. The summed E-state index contributed by atoms with van der Waals surface area (Å²) in [6, 6.07) is 10.2. The van der Waals surface area contributed by atoms with Gasteiger partial charge in [0.15, 0.2) is 11.5 Å². The standard InChI is InChI=1S/C18H21BrFNO3.ClH/c1-22-8-7-21-11-14-9-16(19)18(17(10-14)23-2)24-12-13-3-5-15(20)6-4-13;/h3-6,9-10,21H,7-8,11-12H2,1-2H3;1H. The Morgan fingerprint density at radius 3 is 2.44 bits per heavy atom. The molecule has 0 saturated heterocycles. The van der Waals surface area contributed by atoms with Crippen molar-refractivity contribution < 1.29 is 18.6 Å². The quantitative estimate of drug-likeness (QED) is 0.596. The van der Waals surface area contributed by atoms with Crippen LogP contribution in [0.4, 0.5) is 4.39 Å². The first-order valence-electron chi connectivity index (χ1n) is 7.57. The second-order valence-electron chi connectivity index (χ2n) is 5.19. The van der Waals surface area contributed by atoms with Gasteiger partial charge in [0.25, 0.3) is 0 Å². The molecular formula is C18H22BrClFNO3. The van der Waals surface area contributed by atoms with Crippen molar-refractivity contribution in [1.29, 1.82) is 0 Å². The highest BCUT2D eigenvalue weighted by Crippen LogP contribution is 2.37. The van der Waals surface area contributed by atoms with Crippen LogP contribution in [0.15, 0.2) is 40.9 Å². The molecule has 0 amide bonds. The highest BCUT2D eigenvalue weighted by molar-refractivity contribution is 9.10. The SMILES string of the molecule is COCCNCc1cc(Br)c(OCc2ccc(F)cc2)c(OC)c1.Cl. The molecule has 25 heavy (non-hydrogen) atoms. The normalized spacial score (nSPS) is 10.2. The molecule has 7 heteroatoms. The van der Waals surface area contributed by atoms with E-state index in [1.807, 2.05) is 12.1 Å². The first-order chi connectivity index (χ1) is 11.6. The fourth-order valence-electron chi connectivity index (χ4n) is 2.16. The Bertz CT molecular complexity index is 656. The summed E-state index contributed by atoms with van der Waals surface area (Å²) in [5, 5.41) is 3.29. The molecule has 0 aliphatic heterocycles. The van der Waals surface area contributed by atoms with Crippen molar-refractivity contribution in [2.45, 2.75) is 13.2 Å². The third kappa shape index (κ3) is 6.82. The molecule has 2 rings (SSSR count). The Hall–Kier alpha value is -1.34. The molecule has 0 aliphatic carbocycles. The van der Waals surface area contributed by atoms with Crippen LogP contribution in [0.25, 0.3) is 0 Å². The summed E-state index contributed by atoms with van der Waals surface area (Å²) < 4.78 is 30.0. The largest absolute Gasteiger partial charge is 0.493 e. The van der Waals surface area contributed by atoms with Gasteiger partial charge in [0.2, 0.25) is 0 Å². The molecule has 0 fully saturated rings. The topological polar surface area (TPSA) is 39.7 Å². The smallest absolute Gasteiger partial charge is 0.175 e. The zero-order chi connectivity index (χ0) is 17.4. The highest BCUT2D eigenvalue weighted by Gasteiger charge is 2.12. The molecule has 0 bridgehead atoms. The Labute approximate surface area is 162 Å². The molecule has 0 heterocycles. The molecule has 0 unspecified atom stereocenters. The summed E-state index contributed by atoms with van der Waals surface area (Å²) in [6.07, 6.45) is 0. The van der Waals surface area contributed by atoms with Gasteiger partial charge in [0, 0.05) is 20.2 Å². The van der Waals surface area contributed by atoms with Crippen molar-refractivity contribution in [1.82, 2.24) is 5.32 Å². The van der Waals surface area contributed by atoms with Crippen LogP contribution >= 0.6 is 28.3 Å². The first-order valence-corrected chi connectivity index (χ1v) is 8.36. The minimum atomic E-state index is -0.261. The Morgan fingerprint density at radius 1 is 1.08 bits per heavy atom. The van der Waals surface area contributed by atoms with Gasteiger partial charge < -0.3 is 19.5 Å². The molecule has 0 spiro atoms. The predicted molar refractivity (Wildman–Crippen MR) is 102 cm³/mol. The van der Waals surface area contributed by atoms with Crippen LogP contribution in [0.1, 0.15) is 11.1 Å².